The lowest BCUT2D eigenvalue weighted by atomic mass is 9.82. The molecule has 12 nitrogen and oxygen atoms in total. The number of esters is 1. The van der Waals surface area contributed by atoms with Crippen LogP contribution < -0.4 is 4.74 Å². The highest BCUT2D eigenvalue weighted by molar-refractivity contribution is 6.02. The third-order valence-corrected chi connectivity index (χ3v) is 6.70. The Hall–Kier alpha value is -5.26. The van der Waals surface area contributed by atoms with Gasteiger partial charge in [0, 0.05) is 35.6 Å². The SMILES string of the molecule is O=C(O[C@@H]1Cc2c(O)cc(O)cc2O[C@@H]1c1ccc(O)c(O)c1)C1=CC2C=C(O)C(O)=C(O)C2C(=O)C(O)=C1. The van der Waals surface area contributed by atoms with Crippen LogP contribution in [0.5, 0.6) is 28.7 Å². The van der Waals surface area contributed by atoms with Crippen LogP contribution in [0.15, 0.2) is 77.2 Å². The minimum Gasteiger partial charge on any atom is -0.508 e. The summed E-state index contributed by atoms with van der Waals surface area (Å²) in [5.74, 6) is -9.54. The highest BCUT2D eigenvalue weighted by atomic mass is 16.6. The van der Waals surface area contributed by atoms with E-state index in [1.54, 1.807) is 0 Å². The van der Waals surface area contributed by atoms with Gasteiger partial charge in [-0.2, -0.15) is 0 Å². The van der Waals surface area contributed by atoms with E-state index in [9.17, 15) is 50.4 Å². The Balaban J connectivity index is 1.52. The van der Waals surface area contributed by atoms with Crippen LogP contribution in [0.2, 0.25) is 0 Å². The van der Waals surface area contributed by atoms with Crippen molar-refractivity contribution in [2.24, 2.45) is 11.8 Å². The fourth-order valence-corrected chi connectivity index (χ4v) is 4.78. The number of carbonyl (C=O) groups is 2. The van der Waals surface area contributed by atoms with Gasteiger partial charge in [-0.15, -0.1) is 0 Å². The smallest absolute Gasteiger partial charge is 0.338 e. The molecule has 8 N–H and O–H groups in total. The molecular weight excluding hydrogens is 516 g/mol. The highest BCUT2D eigenvalue weighted by Crippen LogP contribution is 2.44. The number of benzene rings is 2. The van der Waals surface area contributed by atoms with Crippen molar-refractivity contribution in [3.63, 3.8) is 0 Å². The zero-order valence-corrected chi connectivity index (χ0v) is 19.8. The van der Waals surface area contributed by atoms with Crippen molar-refractivity contribution in [2.45, 2.75) is 18.6 Å². The predicted molar refractivity (Wildman–Crippen MR) is 130 cm³/mol. The molecule has 0 fully saturated rings. The van der Waals surface area contributed by atoms with Gasteiger partial charge in [-0.1, -0.05) is 12.1 Å². The first-order chi connectivity index (χ1) is 18.4. The minimum atomic E-state index is -1.50. The van der Waals surface area contributed by atoms with Crippen LogP contribution in [0.1, 0.15) is 17.2 Å². The highest BCUT2D eigenvalue weighted by Gasteiger charge is 2.42. The summed E-state index contributed by atoms with van der Waals surface area (Å²) in [6.07, 6.45) is 0.641. The van der Waals surface area contributed by atoms with Gasteiger partial charge in [-0.3, -0.25) is 4.79 Å². The Morgan fingerprint density at radius 1 is 0.872 bits per heavy atom. The van der Waals surface area contributed by atoms with Crippen LogP contribution >= 0.6 is 0 Å². The van der Waals surface area contributed by atoms with Gasteiger partial charge in [0.05, 0.1) is 11.5 Å². The van der Waals surface area contributed by atoms with Crippen LogP contribution in [0, 0.1) is 11.8 Å². The van der Waals surface area contributed by atoms with E-state index >= 15 is 0 Å². The average Bonchev–Trinajstić information content (AvgIpc) is 3.00. The van der Waals surface area contributed by atoms with Crippen LogP contribution in [0.3, 0.4) is 0 Å². The van der Waals surface area contributed by atoms with Crippen molar-refractivity contribution in [3.05, 3.63) is 88.3 Å². The second kappa shape index (κ2) is 9.24. The Morgan fingerprint density at radius 3 is 2.33 bits per heavy atom. The van der Waals surface area contributed by atoms with E-state index in [2.05, 4.69) is 0 Å². The molecule has 2 aromatic rings. The molecular formula is C27H22O12. The molecule has 0 amide bonds. The second-order valence-electron chi connectivity index (χ2n) is 9.23. The molecule has 2 unspecified atom stereocenters. The molecule has 0 spiro atoms. The number of phenols is 4. The van der Waals surface area contributed by atoms with Gasteiger partial charge in [-0.25, -0.2) is 4.79 Å². The number of ketones is 1. The summed E-state index contributed by atoms with van der Waals surface area (Å²) < 4.78 is 11.6. The number of aromatic hydroxyl groups is 4. The van der Waals surface area contributed by atoms with E-state index < -0.39 is 70.3 Å². The van der Waals surface area contributed by atoms with Crippen molar-refractivity contribution < 1.29 is 59.9 Å². The molecule has 0 bridgehead atoms. The van der Waals surface area contributed by atoms with E-state index in [4.69, 9.17) is 9.47 Å². The quantitative estimate of drug-likeness (QED) is 0.209. The summed E-state index contributed by atoms with van der Waals surface area (Å²) in [4.78, 5) is 26.0. The molecule has 1 aliphatic heterocycles. The number of aliphatic hydroxyl groups excluding tert-OH is 4. The lowest BCUT2D eigenvalue weighted by molar-refractivity contribution is -0.150. The second-order valence-corrected chi connectivity index (χ2v) is 9.23. The third-order valence-electron chi connectivity index (χ3n) is 6.70. The van der Waals surface area contributed by atoms with Gasteiger partial charge in [0.2, 0.25) is 5.78 Å². The predicted octanol–water partition coefficient (Wildman–Crippen LogP) is 3.06. The maximum Gasteiger partial charge on any atom is 0.338 e. The van der Waals surface area contributed by atoms with Crippen molar-refractivity contribution >= 4 is 11.8 Å². The minimum absolute atomic E-state index is 0.0851. The van der Waals surface area contributed by atoms with Gasteiger partial charge < -0.3 is 50.3 Å². The van der Waals surface area contributed by atoms with Gasteiger partial charge in [-0.05, 0) is 24.3 Å². The number of hydrogen-bond acceptors (Lipinski definition) is 12. The monoisotopic (exact) mass is 538 g/mol. The molecule has 0 saturated heterocycles. The number of aliphatic hydroxyl groups is 4. The third kappa shape index (κ3) is 4.41. The molecule has 2 aromatic carbocycles. The topological polar surface area (TPSA) is 214 Å². The Labute approximate surface area is 219 Å². The lowest BCUT2D eigenvalue weighted by Crippen LogP contribution is -2.35. The molecule has 202 valence electrons. The molecule has 5 rings (SSSR count). The summed E-state index contributed by atoms with van der Waals surface area (Å²) in [5, 5.41) is 80.2. The largest absolute Gasteiger partial charge is 0.508 e. The van der Waals surface area contributed by atoms with E-state index in [0.29, 0.717) is 0 Å². The molecule has 39 heavy (non-hydrogen) atoms. The Kier molecular flexibility index (Phi) is 6.02. The lowest BCUT2D eigenvalue weighted by Gasteiger charge is -2.34. The molecule has 4 atom stereocenters. The first-order valence-electron chi connectivity index (χ1n) is 11.6. The number of Topliss-reactive ketones (excluding diaryl/α,β-unsaturated/α-hetero) is 1. The summed E-state index contributed by atoms with van der Waals surface area (Å²) in [6, 6.07) is 6.11. The van der Waals surface area contributed by atoms with Crippen molar-refractivity contribution in [3.8, 4) is 28.7 Å². The normalized spacial score (nSPS) is 24.3. The van der Waals surface area contributed by atoms with Crippen molar-refractivity contribution in [2.75, 3.05) is 0 Å². The van der Waals surface area contributed by atoms with E-state index in [0.717, 1.165) is 18.2 Å². The first kappa shape index (κ1) is 25.4. The van der Waals surface area contributed by atoms with E-state index in [-0.39, 0.29) is 40.4 Å². The van der Waals surface area contributed by atoms with E-state index in [1.807, 2.05) is 0 Å². The number of phenolic OH excluding ortho intramolecular Hbond substituents is 4. The van der Waals surface area contributed by atoms with Crippen molar-refractivity contribution in [1.29, 1.82) is 0 Å². The zero-order chi connectivity index (χ0) is 28.2. The fourth-order valence-electron chi connectivity index (χ4n) is 4.78. The molecule has 0 aromatic heterocycles. The number of carbonyl (C=O) groups excluding carboxylic acids is 2. The number of hydrogen-bond donors (Lipinski definition) is 8. The Morgan fingerprint density at radius 2 is 1.62 bits per heavy atom. The van der Waals surface area contributed by atoms with Crippen molar-refractivity contribution in [1.82, 2.24) is 0 Å². The average molecular weight is 538 g/mol. The van der Waals surface area contributed by atoms with Crippen LogP contribution in [0.4, 0.5) is 0 Å². The number of allylic oxidation sites excluding steroid dienone is 4. The summed E-state index contributed by atoms with van der Waals surface area (Å²) in [7, 11) is 0. The molecule has 2 aliphatic carbocycles. The molecule has 1 heterocycles. The van der Waals surface area contributed by atoms with Gasteiger partial charge >= 0.3 is 5.97 Å². The van der Waals surface area contributed by atoms with Gasteiger partial charge in [0.15, 0.2) is 34.9 Å². The van der Waals surface area contributed by atoms with E-state index in [1.165, 1.54) is 30.3 Å². The standard InChI is InChI=1S/C27H22O12/c28-13-7-16(30)14-9-21(26(38-20(14)8-13)10-1-2-15(29)17(31)4-10)39-27(37)12-3-11-5-19(33)24(35)25(36)22(11)23(34)18(32)6-12/h1-8,11,21-22,26,28-33,35-36H,9H2/t11?,21-,22?,26-/m1/s1. The molecule has 0 saturated carbocycles. The number of ether oxygens (including phenoxy) is 2. The van der Waals surface area contributed by atoms with Crippen LogP contribution in [-0.4, -0.2) is 58.7 Å². The maximum absolute atomic E-state index is 13.3. The summed E-state index contributed by atoms with van der Waals surface area (Å²) >= 11 is 0. The molecule has 0 radical (unpaired) electrons. The number of fused-ring (bicyclic) bond motifs is 2. The molecule has 3 aliphatic rings. The summed E-state index contributed by atoms with van der Waals surface area (Å²) in [5.41, 5.74) is 0.157. The van der Waals surface area contributed by atoms with Crippen LogP contribution in [-0.2, 0) is 20.7 Å². The molecule has 12 heteroatoms. The van der Waals surface area contributed by atoms with Crippen LogP contribution in [0.25, 0.3) is 0 Å². The number of rotatable bonds is 3. The summed E-state index contributed by atoms with van der Waals surface area (Å²) in [6.45, 7) is 0. The Bertz CT molecular complexity index is 1530. The first-order valence-corrected chi connectivity index (χ1v) is 11.6. The maximum atomic E-state index is 13.3. The zero-order valence-electron chi connectivity index (χ0n) is 19.8. The van der Waals surface area contributed by atoms with Gasteiger partial charge in [0.25, 0.3) is 0 Å². The fraction of sp³-hybridized carbons (Fsp3) is 0.185. The van der Waals surface area contributed by atoms with Gasteiger partial charge in [0.1, 0.15) is 29.1 Å².